The molecule has 0 atom stereocenters. The molecule has 0 nitrogen and oxygen atoms in total. The Labute approximate surface area is 347 Å². The summed E-state index contributed by atoms with van der Waals surface area (Å²) in [5.74, 6) is 0. The molecule has 0 heterocycles. The van der Waals surface area contributed by atoms with E-state index in [1.165, 1.54) is 131 Å². The Morgan fingerprint density at radius 3 is 1.00 bits per heavy atom. The van der Waals surface area contributed by atoms with E-state index in [9.17, 15) is 0 Å². The van der Waals surface area contributed by atoms with Gasteiger partial charge in [0.15, 0.2) is 0 Å². The highest BCUT2D eigenvalue weighted by Crippen LogP contribution is 2.43. The summed E-state index contributed by atoms with van der Waals surface area (Å²) in [7, 11) is 0. The van der Waals surface area contributed by atoms with Crippen LogP contribution < -0.4 is 0 Å². The predicted molar refractivity (Wildman–Crippen MR) is 259 cm³/mol. The second kappa shape index (κ2) is 12.9. The lowest BCUT2D eigenvalue weighted by molar-refractivity contribution is 1.56. The van der Waals surface area contributed by atoms with Gasteiger partial charge in [-0.1, -0.05) is 182 Å². The van der Waals surface area contributed by atoms with Crippen molar-refractivity contribution in [2.45, 2.75) is 0 Å². The van der Waals surface area contributed by atoms with Crippen molar-refractivity contribution in [1.29, 1.82) is 0 Å². The average molecular weight is 757 g/mol. The maximum Gasteiger partial charge on any atom is -0.00206 e. The van der Waals surface area contributed by atoms with Crippen molar-refractivity contribution in [3.8, 4) is 55.6 Å². The molecule has 60 heavy (non-hydrogen) atoms. The van der Waals surface area contributed by atoms with Crippen LogP contribution in [-0.4, -0.2) is 0 Å². The Morgan fingerprint density at radius 2 is 0.500 bits per heavy atom. The van der Waals surface area contributed by atoms with E-state index in [0.29, 0.717) is 0 Å². The van der Waals surface area contributed by atoms with Crippen LogP contribution >= 0.6 is 0 Å². The summed E-state index contributed by atoms with van der Waals surface area (Å²) in [6, 6.07) is 81.6. The van der Waals surface area contributed by atoms with Crippen molar-refractivity contribution in [2.24, 2.45) is 0 Å². The average Bonchev–Trinajstić information content (AvgIpc) is 3.32. The molecule has 0 bridgehead atoms. The van der Waals surface area contributed by atoms with Gasteiger partial charge in [0, 0.05) is 0 Å². The third-order valence-electron chi connectivity index (χ3n) is 13.1. The number of benzene rings is 13. The standard InChI is InChI=1S/C60H36/c1-2-8-44-31-47(22-17-37(44)7-1)52-35-50(45-13-5-15-48(32-45)53-27-23-42-20-18-38-9-3-11-40-25-29-55(53)59(42)57(38)40)34-51(36-52)46-14-6-16-49(33-46)54-28-24-43-21-19-39-10-4-12-41-26-30-56(54)60(43)58(39)41/h1-36H. The molecule has 13 aromatic carbocycles. The van der Waals surface area contributed by atoms with Gasteiger partial charge in [0.2, 0.25) is 0 Å². The van der Waals surface area contributed by atoms with Crippen LogP contribution in [0.3, 0.4) is 0 Å². The maximum atomic E-state index is 2.39. The molecule has 0 aliphatic heterocycles. The van der Waals surface area contributed by atoms with Gasteiger partial charge < -0.3 is 0 Å². The van der Waals surface area contributed by atoms with Crippen molar-refractivity contribution >= 4 is 75.4 Å². The zero-order chi connectivity index (χ0) is 39.3. The highest BCUT2D eigenvalue weighted by molar-refractivity contribution is 6.26. The Kier molecular flexibility index (Phi) is 7.11. The fourth-order valence-corrected chi connectivity index (χ4v) is 10.2. The van der Waals surface area contributed by atoms with Crippen LogP contribution in [0, 0.1) is 0 Å². The van der Waals surface area contributed by atoms with E-state index in [1.54, 1.807) is 0 Å². The van der Waals surface area contributed by atoms with Gasteiger partial charge >= 0.3 is 0 Å². The van der Waals surface area contributed by atoms with Crippen molar-refractivity contribution in [2.75, 3.05) is 0 Å². The van der Waals surface area contributed by atoms with Crippen LogP contribution in [0.1, 0.15) is 0 Å². The molecular formula is C60H36. The second-order valence-corrected chi connectivity index (χ2v) is 16.5. The molecule has 0 N–H and O–H groups in total. The Hall–Kier alpha value is -7.80. The minimum Gasteiger partial charge on any atom is -0.0616 e. The van der Waals surface area contributed by atoms with Gasteiger partial charge in [-0.3, -0.25) is 0 Å². The lowest BCUT2D eigenvalue weighted by Crippen LogP contribution is -1.90. The molecule has 0 spiro atoms. The predicted octanol–water partition coefficient (Wildman–Crippen LogP) is 17.0. The van der Waals surface area contributed by atoms with Gasteiger partial charge in [-0.15, -0.1) is 0 Å². The first-order chi connectivity index (χ1) is 29.7. The van der Waals surface area contributed by atoms with E-state index in [4.69, 9.17) is 0 Å². The van der Waals surface area contributed by atoms with E-state index in [2.05, 4.69) is 218 Å². The van der Waals surface area contributed by atoms with Crippen LogP contribution in [0.15, 0.2) is 218 Å². The number of hydrogen-bond acceptors (Lipinski definition) is 0. The SMILES string of the molecule is c1cc(-c2cc(-c3cccc(-c4ccc5ccc6cccc7ccc4c5c67)c3)cc(-c3ccc4ccccc4c3)c2)cc(-c2ccc3ccc4cccc5ccc2c3c45)c1. The smallest absolute Gasteiger partial charge is 0.00206 e. The summed E-state index contributed by atoms with van der Waals surface area (Å²) in [6.07, 6.45) is 0. The highest BCUT2D eigenvalue weighted by Gasteiger charge is 2.16. The molecule has 0 saturated heterocycles. The summed E-state index contributed by atoms with van der Waals surface area (Å²) in [5, 5.41) is 18.2. The van der Waals surface area contributed by atoms with Crippen LogP contribution in [0.5, 0.6) is 0 Å². The zero-order valence-corrected chi connectivity index (χ0v) is 32.8. The fourth-order valence-electron chi connectivity index (χ4n) is 10.2. The molecule has 0 radical (unpaired) electrons. The van der Waals surface area contributed by atoms with Gasteiger partial charge in [-0.2, -0.15) is 0 Å². The Balaban J connectivity index is 0.983. The minimum atomic E-state index is 1.20. The summed E-state index contributed by atoms with van der Waals surface area (Å²) in [4.78, 5) is 0. The third kappa shape index (κ3) is 5.11. The van der Waals surface area contributed by atoms with Crippen molar-refractivity contribution in [1.82, 2.24) is 0 Å². The molecule has 0 aliphatic rings. The van der Waals surface area contributed by atoms with E-state index < -0.39 is 0 Å². The molecule has 0 heteroatoms. The molecule has 0 aliphatic carbocycles. The quantitative estimate of drug-likeness (QED) is 0.153. The van der Waals surface area contributed by atoms with Crippen molar-refractivity contribution < 1.29 is 0 Å². The van der Waals surface area contributed by atoms with Crippen LogP contribution in [0.25, 0.3) is 131 Å². The molecule has 13 aromatic rings. The fraction of sp³-hybridized carbons (Fsp3) is 0. The van der Waals surface area contributed by atoms with Gasteiger partial charge in [0.05, 0.1) is 0 Å². The first-order valence-corrected chi connectivity index (χ1v) is 20.9. The van der Waals surface area contributed by atoms with Crippen LogP contribution in [-0.2, 0) is 0 Å². The number of rotatable bonds is 5. The van der Waals surface area contributed by atoms with Crippen molar-refractivity contribution in [3.05, 3.63) is 218 Å². The van der Waals surface area contributed by atoms with Gasteiger partial charge in [-0.05, 0) is 167 Å². The molecule has 0 saturated carbocycles. The maximum absolute atomic E-state index is 2.39. The molecule has 0 unspecified atom stereocenters. The number of fused-ring (bicyclic) bond motifs is 1. The van der Waals surface area contributed by atoms with E-state index in [0.717, 1.165) is 0 Å². The van der Waals surface area contributed by atoms with Crippen LogP contribution in [0.4, 0.5) is 0 Å². The summed E-state index contributed by atoms with van der Waals surface area (Å²) >= 11 is 0. The van der Waals surface area contributed by atoms with Gasteiger partial charge in [0.1, 0.15) is 0 Å². The molecule has 13 rings (SSSR count). The monoisotopic (exact) mass is 756 g/mol. The zero-order valence-electron chi connectivity index (χ0n) is 32.8. The molecule has 0 fully saturated rings. The Bertz CT molecular complexity index is 3590. The van der Waals surface area contributed by atoms with E-state index in [-0.39, 0.29) is 0 Å². The molecule has 0 amide bonds. The number of hydrogen-bond donors (Lipinski definition) is 0. The second-order valence-electron chi connectivity index (χ2n) is 16.5. The van der Waals surface area contributed by atoms with E-state index >= 15 is 0 Å². The largest absolute Gasteiger partial charge is 0.0616 e. The third-order valence-corrected chi connectivity index (χ3v) is 13.1. The minimum absolute atomic E-state index is 1.20. The van der Waals surface area contributed by atoms with E-state index in [1.807, 2.05) is 0 Å². The summed E-state index contributed by atoms with van der Waals surface area (Å²) in [5.41, 5.74) is 12.2. The lowest BCUT2D eigenvalue weighted by Gasteiger charge is -2.16. The van der Waals surface area contributed by atoms with Crippen molar-refractivity contribution in [3.63, 3.8) is 0 Å². The molecule has 276 valence electrons. The molecule has 0 aromatic heterocycles. The van der Waals surface area contributed by atoms with Gasteiger partial charge in [0.25, 0.3) is 0 Å². The summed E-state index contributed by atoms with van der Waals surface area (Å²) < 4.78 is 0. The topological polar surface area (TPSA) is 0 Å². The normalized spacial score (nSPS) is 12.0. The molecular weight excluding hydrogens is 721 g/mol. The Morgan fingerprint density at radius 1 is 0.167 bits per heavy atom. The first kappa shape index (κ1) is 33.2. The van der Waals surface area contributed by atoms with Crippen LogP contribution in [0.2, 0.25) is 0 Å². The first-order valence-electron chi connectivity index (χ1n) is 20.9. The lowest BCUT2D eigenvalue weighted by atomic mass is 9.87. The highest BCUT2D eigenvalue weighted by atomic mass is 14.2. The van der Waals surface area contributed by atoms with Gasteiger partial charge in [-0.25, -0.2) is 0 Å². The summed E-state index contributed by atoms with van der Waals surface area (Å²) in [6.45, 7) is 0.